The summed E-state index contributed by atoms with van der Waals surface area (Å²) in [6.45, 7) is 4.80. The second kappa shape index (κ2) is 11.4. The first kappa shape index (κ1) is 29.6. The number of phosphoric acid groups is 1. The number of rotatable bonds is 11. The molecule has 2 aromatic rings. The third-order valence-corrected chi connectivity index (χ3v) is 10.5. The molecule has 2 aliphatic carbocycles. The normalized spacial score (nSPS) is 20.4. The van der Waals surface area contributed by atoms with Crippen LogP contribution in [0.5, 0.6) is 0 Å². The Balaban J connectivity index is 1.41. The quantitative estimate of drug-likeness (QED) is 0.282. The molecule has 1 fully saturated rings. The molecule has 0 spiro atoms. The Bertz CT molecular complexity index is 1580. The zero-order valence-corrected chi connectivity index (χ0v) is 24.9. The molecule has 1 amide bonds. The molecule has 0 saturated heterocycles. The van der Waals surface area contributed by atoms with E-state index in [1.807, 2.05) is 26.0 Å². The van der Waals surface area contributed by atoms with Gasteiger partial charge < -0.3 is 25.3 Å². The fourth-order valence-electron chi connectivity index (χ4n) is 5.41. The number of fused-ring (bicyclic) bond motifs is 3. The van der Waals surface area contributed by atoms with Gasteiger partial charge in [0.15, 0.2) is 9.84 Å². The van der Waals surface area contributed by atoms with E-state index in [0.717, 1.165) is 33.7 Å². The molecule has 5 rings (SSSR count). The topological polar surface area (TPSA) is 158 Å². The molecule has 1 aliphatic heterocycles. The van der Waals surface area contributed by atoms with Gasteiger partial charge >= 0.3 is 7.82 Å². The molecule has 2 heterocycles. The van der Waals surface area contributed by atoms with Gasteiger partial charge in [-0.2, -0.15) is 0 Å². The van der Waals surface area contributed by atoms with Crippen molar-refractivity contribution in [2.75, 3.05) is 38.6 Å². The van der Waals surface area contributed by atoms with Gasteiger partial charge in [0.2, 0.25) is 0 Å². The molecule has 2 unspecified atom stereocenters. The van der Waals surface area contributed by atoms with Crippen molar-refractivity contribution in [2.24, 2.45) is 0 Å². The fraction of sp³-hybridized carbons (Fsp3) is 0.429. The smallest absolute Gasteiger partial charge is 0.362 e. The van der Waals surface area contributed by atoms with Gasteiger partial charge in [-0.15, -0.1) is 0 Å². The van der Waals surface area contributed by atoms with Gasteiger partial charge in [0.05, 0.1) is 22.8 Å². The molecule has 4 N–H and O–H groups in total. The molecular formula is C28H35N4O7PS. The van der Waals surface area contributed by atoms with Crippen molar-refractivity contribution in [3.8, 4) is 0 Å². The molecule has 3 aliphatic rings. The summed E-state index contributed by atoms with van der Waals surface area (Å²) >= 11 is 0. The monoisotopic (exact) mass is 602 g/mol. The molecule has 1 saturated carbocycles. The van der Waals surface area contributed by atoms with Crippen LogP contribution < -0.4 is 10.6 Å². The number of pyridine rings is 1. The minimum atomic E-state index is -4.52. The van der Waals surface area contributed by atoms with Crippen LogP contribution in [0.25, 0.3) is 5.57 Å². The number of nitrogens with one attached hydrogen (secondary N) is 2. The van der Waals surface area contributed by atoms with Crippen molar-refractivity contribution in [3.05, 3.63) is 70.4 Å². The summed E-state index contributed by atoms with van der Waals surface area (Å²) in [6.07, 6.45) is 5.02. The molecule has 1 aromatic heterocycles. The average molecular weight is 603 g/mol. The van der Waals surface area contributed by atoms with Crippen LogP contribution in [0.1, 0.15) is 42.4 Å². The largest absolute Gasteiger partial charge is 0.469 e. The number of carbonyl (C=O) groups is 1. The molecule has 0 bridgehead atoms. The maximum Gasteiger partial charge on any atom is 0.469 e. The van der Waals surface area contributed by atoms with Crippen LogP contribution in [0.3, 0.4) is 0 Å². The van der Waals surface area contributed by atoms with Crippen LogP contribution in [0, 0.1) is 6.92 Å². The first-order chi connectivity index (χ1) is 19.3. The molecule has 2 atom stereocenters. The van der Waals surface area contributed by atoms with Gasteiger partial charge in [-0.1, -0.05) is 18.2 Å². The summed E-state index contributed by atoms with van der Waals surface area (Å²) in [6, 6.07) is 8.87. The molecule has 41 heavy (non-hydrogen) atoms. The van der Waals surface area contributed by atoms with Gasteiger partial charge in [-0.3, -0.25) is 9.32 Å². The zero-order chi connectivity index (χ0) is 29.5. The molecule has 220 valence electrons. The highest BCUT2D eigenvalue weighted by atomic mass is 32.2. The highest BCUT2D eigenvalue weighted by molar-refractivity contribution is 7.92. The molecule has 1 aromatic carbocycles. The van der Waals surface area contributed by atoms with Crippen LogP contribution in [0.2, 0.25) is 0 Å². The number of benzene rings is 1. The van der Waals surface area contributed by atoms with Crippen molar-refractivity contribution in [1.29, 1.82) is 0 Å². The SMILES string of the molecule is CC1=C(C(=O)NCCN(C)CCOP(=O)(O)O)C=C(c2cccc(S(=O)(=O)C3CC3)c2)C2c3cc(C)cnc3NC12. The summed E-state index contributed by atoms with van der Waals surface area (Å²) in [5.41, 5.74) is 4.98. The van der Waals surface area contributed by atoms with Crippen molar-refractivity contribution in [3.63, 3.8) is 0 Å². The van der Waals surface area contributed by atoms with E-state index in [4.69, 9.17) is 9.79 Å². The van der Waals surface area contributed by atoms with E-state index >= 15 is 0 Å². The van der Waals surface area contributed by atoms with Gasteiger partial charge in [0.25, 0.3) is 5.91 Å². The van der Waals surface area contributed by atoms with Crippen molar-refractivity contribution >= 4 is 35.0 Å². The van der Waals surface area contributed by atoms with Crippen LogP contribution in [-0.4, -0.2) is 78.6 Å². The third-order valence-electron chi connectivity index (χ3n) is 7.76. The lowest BCUT2D eigenvalue weighted by Gasteiger charge is -2.30. The van der Waals surface area contributed by atoms with E-state index in [9.17, 15) is 17.8 Å². The number of anilines is 1. The Morgan fingerprint density at radius 3 is 2.68 bits per heavy atom. The molecule has 11 nitrogen and oxygen atoms in total. The lowest BCUT2D eigenvalue weighted by Crippen LogP contribution is -2.37. The molecule has 0 radical (unpaired) electrons. The van der Waals surface area contributed by atoms with E-state index in [-0.39, 0.29) is 36.3 Å². The number of hydrogen-bond donors (Lipinski definition) is 4. The van der Waals surface area contributed by atoms with Crippen LogP contribution in [0.15, 0.2) is 58.6 Å². The maximum atomic E-state index is 13.5. The number of carbonyl (C=O) groups excluding carboxylic acids is 1. The Morgan fingerprint density at radius 1 is 1.22 bits per heavy atom. The summed E-state index contributed by atoms with van der Waals surface area (Å²) < 4.78 is 41.4. The number of amides is 1. The van der Waals surface area contributed by atoms with Gasteiger partial charge in [-0.05, 0) is 74.2 Å². The van der Waals surface area contributed by atoms with E-state index in [2.05, 4.69) is 26.2 Å². The van der Waals surface area contributed by atoms with E-state index in [0.29, 0.717) is 36.4 Å². The molecule has 13 heteroatoms. The number of phosphoric ester groups is 1. The van der Waals surface area contributed by atoms with Gasteiger partial charge in [-0.25, -0.2) is 18.0 Å². The van der Waals surface area contributed by atoms with Crippen LogP contribution >= 0.6 is 7.82 Å². The maximum absolute atomic E-state index is 13.5. The predicted molar refractivity (Wildman–Crippen MR) is 155 cm³/mol. The minimum absolute atomic E-state index is 0.135. The lowest BCUT2D eigenvalue weighted by molar-refractivity contribution is -0.117. The number of nitrogens with zero attached hydrogens (tertiary/aromatic N) is 2. The Hall–Kier alpha value is -2.86. The van der Waals surface area contributed by atoms with Crippen molar-refractivity contribution in [1.82, 2.24) is 15.2 Å². The highest BCUT2D eigenvalue weighted by Gasteiger charge is 2.42. The highest BCUT2D eigenvalue weighted by Crippen LogP contribution is 2.49. The second-order valence-electron chi connectivity index (χ2n) is 10.9. The van der Waals surface area contributed by atoms with Crippen LogP contribution in [0.4, 0.5) is 5.82 Å². The van der Waals surface area contributed by atoms with E-state index in [1.54, 1.807) is 36.3 Å². The zero-order valence-electron chi connectivity index (χ0n) is 23.2. The average Bonchev–Trinajstić information content (AvgIpc) is 3.70. The first-order valence-corrected chi connectivity index (χ1v) is 16.6. The third kappa shape index (κ3) is 6.48. The summed E-state index contributed by atoms with van der Waals surface area (Å²) in [5, 5.41) is 6.11. The van der Waals surface area contributed by atoms with Gasteiger partial charge in [0.1, 0.15) is 5.82 Å². The Morgan fingerprint density at radius 2 is 1.98 bits per heavy atom. The Labute approximate surface area is 239 Å². The van der Waals surface area contributed by atoms with Gasteiger partial charge in [0, 0.05) is 42.9 Å². The number of likely N-dealkylation sites (N-methyl/N-ethyl adjacent to an activating group) is 1. The fourth-order valence-corrected chi connectivity index (χ4v) is 7.43. The molecular weight excluding hydrogens is 567 g/mol. The Kier molecular flexibility index (Phi) is 8.26. The lowest BCUT2D eigenvalue weighted by atomic mass is 9.75. The van der Waals surface area contributed by atoms with Crippen LogP contribution in [-0.2, 0) is 23.7 Å². The predicted octanol–water partition coefficient (Wildman–Crippen LogP) is 2.77. The number of sulfone groups is 1. The van der Waals surface area contributed by atoms with Crippen molar-refractivity contribution in [2.45, 2.75) is 48.8 Å². The first-order valence-electron chi connectivity index (χ1n) is 13.5. The van der Waals surface area contributed by atoms with Crippen molar-refractivity contribution < 1.29 is 32.1 Å². The summed E-state index contributed by atoms with van der Waals surface area (Å²) in [5.74, 6) is 0.341. The number of aromatic nitrogens is 1. The summed E-state index contributed by atoms with van der Waals surface area (Å²) in [4.78, 5) is 37.8. The standard InChI is InChI=1S/C28H35N4O7PS/c1-17-13-24-25-23(19-5-4-6-21(14-19)41(37,38)20-7-8-20)15-22(18(2)26(25)31-27(24)30-16-17)28(33)29-9-10-32(3)11-12-39-40(34,35)36/h4-6,13-16,20,25-26H,7-12H2,1-3H3,(H,29,33)(H,30,31)(H2,34,35,36). The van der Waals surface area contributed by atoms with E-state index in [1.165, 1.54) is 0 Å². The summed E-state index contributed by atoms with van der Waals surface area (Å²) in [7, 11) is -6.15. The number of hydrogen-bond acceptors (Lipinski definition) is 8. The van der Waals surface area contributed by atoms with E-state index < -0.39 is 17.7 Å². The number of aryl methyl sites for hydroxylation is 1. The minimum Gasteiger partial charge on any atom is -0.362 e. The second-order valence-corrected chi connectivity index (χ2v) is 14.4.